The number of nitrogens with zero attached hydrogens (tertiary/aromatic N) is 1. The van der Waals surface area contributed by atoms with E-state index in [2.05, 4.69) is 10.5 Å². The normalized spacial score (nSPS) is 16.9. The Kier molecular flexibility index (Phi) is 4.61. The Balaban J connectivity index is 2.01. The molecule has 0 heterocycles. The van der Waals surface area contributed by atoms with Gasteiger partial charge >= 0.3 is 0 Å². The molecule has 1 aliphatic carbocycles. The minimum absolute atomic E-state index is 0.00899. The molecule has 108 valence electrons. The summed E-state index contributed by atoms with van der Waals surface area (Å²) in [5.74, 6) is -0.0699. The number of rotatable bonds is 3. The lowest BCUT2D eigenvalue weighted by Crippen LogP contribution is -2.29. The zero-order chi connectivity index (χ0) is 14.5. The summed E-state index contributed by atoms with van der Waals surface area (Å²) in [6, 6.07) is 4.28. The molecule has 0 aromatic heterocycles. The Hall–Kier alpha value is -2.04. The first-order valence-electron chi connectivity index (χ1n) is 6.94. The number of nitrogens with one attached hydrogen (secondary N) is 1. The van der Waals surface area contributed by atoms with Gasteiger partial charge in [-0.3, -0.25) is 4.79 Å². The molecule has 0 aliphatic heterocycles. The largest absolute Gasteiger partial charge is 0.508 e. The van der Waals surface area contributed by atoms with Crippen LogP contribution in [-0.2, 0) is 4.79 Å². The van der Waals surface area contributed by atoms with Crippen LogP contribution >= 0.6 is 0 Å². The van der Waals surface area contributed by atoms with E-state index in [4.69, 9.17) is 0 Å². The second kappa shape index (κ2) is 6.41. The van der Waals surface area contributed by atoms with Gasteiger partial charge in [0, 0.05) is 17.5 Å². The molecular formula is C15H20N2O3. The third-order valence-corrected chi connectivity index (χ3v) is 3.68. The predicted molar refractivity (Wildman–Crippen MR) is 76.7 cm³/mol. The lowest BCUT2D eigenvalue weighted by molar-refractivity contribution is -0.125. The van der Waals surface area contributed by atoms with Crippen molar-refractivity contribution in [3.05, 3.63) is 23.8 Å². The summed E-state index contributed by atoms with van der Waals surface area (Å²) in [4.78, 5) is 12.0. The molecule has 20 heavy (non-hydrogen) atoms. The Labute approximate surface area is 118 Å². The molecular weight excluding hydrogens is 256 g/mol. The summed E-state index contributed by atoms with van der Waals surface area (Å²) in [6.07, 6.45) is 5.24. The first-order valence-corrected chi connectivity index (χ1v) is 6.94. The van der Waals surface area contributed by atoms with Gasteiger partial charge in [-0.2, -0.15) is 5.10 Å². The highest BCUT2D eigenvalue weighted by molar-refractivity contribution is 6.01. The number of hydrazone groups is 1. The molecule has 0 saturated heterocycles. The molecule has 2 rings (SSSR count). The molecule has 0 radical (unpaired) electrons. The van der Waals surface area contributed by atoms with Crippen molar-refractivity contribution < 1.29 is 15.0 Å². The number of phenolic OH excluding ortho intramolecular Hbond substituents is 2. The fourth-order valence-electron chi connectivity index (χ4n) is 2.48. The molecule has 0 atom stereocenters. The van der Waals surface area contributed by atoms with Crippen LogP contribution in [0, 0.1) is 5.92 Å². The van der Waals surface area contributed by atoms with Crippen LogP contribution in [0.1, 0.15) is 44.6 Å². The van der Waals surface area contributed by atoms with E-state index in [0.29, 0.717) is 11.3 Å². The highest BCUT2D eigenvalue weighted by Gasteiger charge is 2.20. The quantitative estimate of drug-likeness (QED) is 0.586. The highest BCUT2D eigenvalue weighted by atomic mass is 16.3. The second-order valence-corrected chi connectivity index (χ2v) is 5.21. The van der Waals surface area contributed by atoms with E-state index in [1.54, 1.807) is 13.0 Å². The number of hydrogen-bond donors (Lipinski definition) is 3. The van der Waals surface area contributed by atoms with Gasteiger partial charge in [-0.05, 0) is 31.9 Å². The number of hydrogen-bond acceptors (Lipinski definition) is 4. The minimum atomic E-state index is -0.0573. The SMILES string of the molecule is C/C(=N/NC(=O)C1CCCCC1)c1ccc(O)cc1O. The molecule has 1 fully saturated rings. The summed E-state index contributed by atoms with van der Waals surface area (Å²) in [5, 5.41) is 23.0. The third-order valence-electron chi connectivity index (χ3n) is 3.68. The van der Waals surface area contributed by atoms with Gasteiger partial charge in [0.15, 0.2) is 0 Å². The first-order chi connectivity index (χ1) is 9.58. The second-order valence-electron chi connectivity index (χ2n) is 5.21. The van der Waals surface area contributed by atoms with Crippen molar-refractivity contribution in [2.45, 2.75) is 39.0 Å². The van der Waals surface area contributed by atoms with Crippen LogP contribution in [0.5, 0.6) is 11.5 Å². The lowest BCUT2D eigenvalue weighted by atomic mass is 9.89. The van der Waals surface area contributed by atoms with Crippen LogP contribution < -0.4 is 5.43 Å². The zero-order valence-electron chi connectivity index (χ0n) is 11.6. The zero-order valence-corrected chi connectivity index (χ0v) is 11.6. The van der Waals surface area contributed by atoms with Crippen molar-refractivity contribution in [3.63, 3.8) is 0 Å². The van der Waals surface area contributed by atoms with Gasteiger partial charge in [0.1, 0.15) is 11.5 Å². The Morgan fingerprint density at radius 3 is 2.60 bits per heavy atom. The molecule has 5 heteroatoms. The van der Waals surface area contributed by atoms with Gasteiger partial charge in [0.05, 0.1) is 5.71 Å². The third kappa shape index (κ3) is 3.50. The first kappa shape index (κ1) is 14.4. The Bertz CT molecular complexity index is 520. The van der Waals surface area contributed by atoms with Gasteiger partial charge in [-0.25, -0.2) is 5.43 Å². The fourth-order valence-corrected chi connectivity index (χ4v) is 2.48. The van der Waals surface area contributed by atoms with Crippen LogP contribution in [-0.4, -0.2) is 21.8 Å². The molecule has 1 aromatic carbocycles. The summed E-state index contributed by atoms with van der Waals surface area (Å²) < 4.78 is 0. The van der Waals surface area contributed by atoms with Crippen molar-refractivity contribution in [2.24, 2.45) is 11.0 Å². The summed E-state index contributed by atoms with van der Waals surface area (Å²) in [5.41, 5.74) is 3.57. The van der Waals surface area contributed by atoms with E-state index in [9.17, 15) is 15.0 Å². The topological polar surface area (TPSA) is 81.9 Å². The number of carbonyl (C=O) groups excluding carboxylic acids is 1. The van der Waals surface area contributed by atoms with Crippen LogP contribution in [0.2, 0.25) is 0 Å². The average molecular weight is 276 g/mol. The molecule has 5 nitrogen and oxygen atoms in total. The van der Waals surface area contributed by atoms with Gasteiger partial charge in [0.25, 0.3) is 0 Å². The van der Waals surface area contributed by atoms with E-state index in [1.807, 2.05) is 0 Å². The molecule has 1 aliphatic rings. The average Bonchev–Trinajstić information content (AvgIpc) is 2.45. The van der Waals surface area contributed by atoms with Crippen LogP contribution in [0.15, 0.2) is 23.3 Å². The predicted octanol–water partition coefficient (Wildman–Crippen LogP) is 2.52. The smallest absolute Gasteiger partial charge is 0.243 e. The highest BCUT2D eigenvalue weighted by Crippen LogP contribution is 2.24. The van der Waals surface area contributed by atoms with Crippen LogP contribution in [0.4, 0.5) is 0 Å². The number of carbonyl (C=O) groups is 1. The monoisotopic (exact) mass is 276 g/mol. The standard InChI is InChI=1S/C15H20N2O3/c1-10(13-8-7-12(18)9-14(13)19)16-17-15(20)11-5-3-2-4-6-11/h7-9,11,18-19H,2-6H2,1H3,(H,17,20)/b16-10-. The number of phenols is 2. The van der Waals surface area contributed by atoms with Gasteiger partial charge in [-0.15, -0.1) is 0 Å². The van der Waals surface area contributed by atoms with E-state index in [1.165, 1.54) is 18.6 Å². The van der Waals surface area contributed by atoms with Crippen molar-refractivity contribution in [1.82, 2.24) is 5.43 Å². The van der Waals surface area contributed by atoms with Gasteiger partial charge in [-0.1, -0.05) is 19.3 Å². The minimum Gasteiger partial charge on any atom is -0.508 e. The maximum absolute atomic E-state index is 12.0. The molecule has 1 aromatic rings. The van der Waals surface area contributed by atoms with E-state index in [0.717, 1.165) is 25.7 Å². The lowest BCUT2D eigenvalue weighted by Gasteiger charge is -2.19. The van der Waals surface area contributed by atoms with Crippen molar-refractivity contribution >= 4 is 11.6 Å². The maximum Gasteiger partial charge on any atom is 0.243 e. The number of benzene rings is 1. The van der Waals surface area contributed by atoms with Crippen molar-refractivity contribution in [3.8, 4) is 11.5 Å². The van der Waals surface area contributed by atoms with Crippen LogP contribution in [0.25, 0.3) is 0 Å². The molecule has 1 amide bonds. The Morgan fingerprint density at radius 1 is 1.25 bits per heavy atom. The van der Waals surface area contributed by atoms with Crippen LogP contribution in [0.3, 0.4) is 0 Å². The number of amides is 1. The summed E-state index contributed by atoms with van der Waals surface area (Å²) in [7, 11) is 0. The van der Waals surface area contributed by atoms with Gasteiger partial charge < -0.3 is 10.2 Å². The molecule has 0 unspecified atom stereocenters. The fraction of sp³-hybridized carbons (Fsp3) is 0.467. The maximum atomic E-state index is 12.0. The molecule has 0 bridgehead atoms. The Morgan fingerprint density at radius 2 is 1.95 bits per heavy atom. The summed E-state index contributed by atoms with van der Waals surface area (Å²) >= 11 is 0. The van der Waals surface area contributed by atoms with E-state index < -0.39 is 0 Å². The van der Waals surface area contributed by atoms with Gasteiger partial charge in [0.2, 0.25) is 5.91 Å². The molecule has 3 N–H and O–H groups in total. The summed E-state index contributed by atoms with van der Waals surface area (Å²) in [6.45, 7) is 1.70. The van der Waals surface area contributed by atoms with E-state index >= 15 is 0 Å². The van der Waals surface area contributed by atoms with E-state index in [-0.39, 0.29) is 23.3 Å². The van der Waals surface area contributed by atoms with Crippen molar-refractivity contribution in [1.29, 1.82) is 0 Å². The number of aromatic hydroxyl groups is 2. The molecule has 1 saturated carbocycles. The molecule has 0 spiro atoms. The van der Waals surface area contributed by atoms with Crippen molar-refractivity contribution in [2.75, 3.05) is 0 Å².